The summed E-state index contributed by atoms with van der Waals surface area (Å²) in [5, 5.41) is 9.82. The largest absolute Gasteiger partial charge is 0.294 e. The highest BCUT2D eigenvalue weighted by molar-refractivity contribution is 6.36. The molecular weight excluding hydrogens is 236 g/mol. The van der Waals surface area contributed by atoms with Crippen LogP contribution in [0.5, 0.6) is 0 Å². The summed E-state index contributed by atoms with van der Waals surface area (Å²) in [6.07, 6.45) is 2.05. The minimum absolute atomic E-state index is 0.0769. The summed E-state index contributed by atoms with van der Waals surface area (Å²) in [6.45, 7) is 0. The SMILES string of the molecule is N#CCCC(=O)c1ccc(Cl)c2cccnc12. The van der Waals surface area contributed by atoms with Gasteiger partial charge in [0, 0.05) is 30.0 Å². The third-order valence-corrected chi connectivity index (χ3v) is 2.81. The summed E-state index contributed by atoms with van der Waals surface area (Å²) in [7, 11) is 0. The summed E-state index contributed by atoms with van der Waals surface area (Å²) in [5.41, 5.74) is 1.13. The number of ketones is 1. The lowest BCUT2D eigenvalue weighted by Gasteiger charge is -2.05. The fraction of sp³-hybridized carbons (Fsp3) is 0.154. The van der Waals surface area contributed by atoms with Gasteiger partial charge in [-0.05, 0) is 24.3 Å². The number of aromatic nitrogens is 1. The van der Waals surface area contributed by atoms with Crippen molar-refractivity contribution in [2.75, 3.05) is 0 Å². The summed E-state index contributed by atoms with van der Waals surface area (Å²) >= 11 is 6.03. The lowest BCUT2D eigenvalue weighted by atomic mass is 10.0. The first-order chi connectivity index (χ1) is 8.24. The fourth-order valence-electron chi connectivity index (χ4n) is 1.67. The Morgan fingerprint density at radius 1 is 1.41 bits per heavy atom. The monoisotopic (exact) mass is 244 g/mol. The second-order valence-electron chi connectivity index (χ2n) is 3.58. The first-order valence-corrected chi connectivity index (χ1v) is 5.55. The van der Waals surface area contributed by atoms with Crippen LogP contribution in [0.4, 0.5) is 0 Å². The van der Waals surface area contributed by atoms with Gasteiger partial charge >= 0.3 is 0 Å². The van der Waals surface area contributed by atoms with Crippen LogP contribution in [-0.2, 0) is 0 Å². The summed E-state index contributed by atoms with van der Waals surface area (Å²) in [4.78, 5) is 16.1. The van der Waals surface area contributed by atoms with Gasteiger partial charge in [0.15, 0.2) is 5.78 Å². The van der Waals surface area contributed by atoms with E-state index < -0.39 is 0 Å². The first-order valence-electron chi connectivity index (χ1n) is 5.17. The Morgan fingerprint density at radius 2 is 2.24 bits per heavy atom. The molecule has 1 heterocycles. The van der Waals surface area contributed by atoms with Crippen molar-refractivity contribution in [1.82, 2.24) is 4.98 Å². The molecule has 0 radical (unpaired) electrons. The second kappa shape index (κ2) is 4.94. The van der Waals surface area contributed by atoms with Crippen molar-refractivity contribution in [2.24, 2.45) is 0 Å². The van der Waals surface area contributed by atoms with E-state index in [2.05, 4.69) is 4.98 Å². The Hall–Kier alpha value is -1.92. The maximum Gasteiger partial charge on any atom is 0.166 e. The molecule has 1 aromatic carbocycles. The van der Waals surface area contributed by atoms with Gasteiger partial charge in [-0.2, -0.15) is 5.26 Å². The minimum Gasteiger partial charge on any atom is -0.294 e. The van der Waals surface area contributed by atoms with E-state index in [1.165, 1.54) is 0 Å². The van der Waals surface area contributed by atoms with Crippen LogP contribution in [0.1, 0.15) is 23.2 Å². The maximum absolute atomic E-state index is 11.9. The highest BCUT2D eigenvalue weighted by Crippen LogP contribution is 2.25. The van der Waals surface area contributed by atoms with Crippen molar-refractivity contribution in [2.45, 2.75) is 12.8 Å². The molecule has 2 aromatic rings. The van der Waals surface area contributed by atoms with E-state index in [-0.39, 0.29) is 18.6 Å². The van der Waals surface area contributed by atoms with Crippen molar-refractivity contribution >= 4 is 28.3 Å². The van der Waals surface area contributed by atoms with Gasteiger partial charge in [0.2, 0.25) is 0 Å². The minimum atomic E-state index is -0.0769. The summed E-state index contributed by atoms with van der Waals surface area (Å²) in [6, 6.07) is 8.91. The Kier molecular flexibility index (Phi) is 3.36. The Morgan fingerprint density at radius 3 is 3.00 bits per heavy atom. The van der Waals surface area contributed by atoms with Crippen LogP contribution >= 0.6 is 11.6 Å². The van der Waals surface area contributed by atoms with Crippen LogP contribution in [-0.4, -0.2) is 10.8 Å². The number of hydrogen-bond donors (Lipinski definition) is 0. The molecule has 0 aliphatic rings. The standard InChI is InChI=1S/C13H9ClN2O/c14-11-6-5-10(12(17)4-1-7-15)13-9(11)3-2-8-16-13/h2-3,5-6,8H,1,4H2. The lowest BCUT2D eigenvalue weighted by Crippen LogP contribution is -2.00. The van der Waals surface area contributed by atoms with Crippen LogP contribution in [0.15, 0.2) is 30.5 Å². The van der Waals surface area contributed by atoms with Gasteiger partial charge in [0.1, 0.15) is 0 Å². The van der Waals surface area contributed by atoms with Gasteiger partial charge in [-0.1, -0.05) is 11.6 Å². The molecule has 0 saturated heterocycles. The van der Waals surface area contributed by atoms with Gasteiger partial charge in [-0.15, -0.1) is 0 Å². The number of pyridine rings is 1. The van der Waals surface area contributed by atoms with Crippen molar-refractivity contribution in [3.05, 3.63) is 41.0 Å². The molecule has 0 atom stereocenters. The molecule has 3 nitrogen and oxygen atoms in total. The van der Waals surface area contributed by atoms with Crippen LogP contribution in [0.2, 0.25) is 5.02 Å². The number of hydrogen-bond acceptors (Lipinski definition) is 3. The molecule has 0 aliphatic heterocycles. The summed E-state index contributed by atoms with van der Waals surface area (Å²) < 4.78 is 0. The molecule has 0 amide bonds. The molecule has 0 unspecified atom stereocenters. The van der Waals surface area contributed by atoms with Crippen LogP contribution in [0.25, 0.3) is 10.9 Å². The molecule has 0 N–H and O–H groups in total. The molecule has 0 bridgehead atoms. The smallest absolute Gasteiger partial charge is 0.166 e. The Balaban J connectivity index is 2.52. The number of halogens is 1. The number of benzene rings is 1. The number of nitriles is 1. The van der Waals surface area contributed by atoms with Gasteiger partial charge in [0.05, 0.1) is 16.6 Å². The average molecular weight is 245 g/mol. The fourth-order valence-corrected chi connectivity index (χ4v) is 1.88. The zero-order chi connectivity index (χ0) is 12.3. The molecule has 17 heavy (non-hydrogen) atoms. The maximum atomic E-state index is 11.9. The lowest BCUT2D eigenvalue weighted by molar-refractivity contribution is 0.0985. The van der Waals surface area contributed by atoms with E-state index in [0.717, 1.165) is 5.39 Å². The van der Waals surface area contributed by atoms with E-state index in [1.54, 1.807) is 24.4 Å². The van der Waals surface area contributed by atoms with E-state index in [4.69, 9.17) is 16.9 Å². The van der Waals surface area contributed by atoms with E-state index in [1.807, 2.05) is 12.1 Å². The number of carbonyl (C=O) groups excluding carboxylic acids is 1. The molecule has 1 aromatic heterocycles. The van der Waals surface area contributed by atoms with Crippen molar-refractivity contribution in [1.29, 1.82) is 5.26 Å². The number of Topliss-reactive ketones (excluding diaryl/α,β-unsaturated/α-hetero) is 1. The predicted molar refractivity (Wildman–Crippen MR) is 65.9 cm³/mol. The quantitative estimate of drug-likeness (QED) is 0.778. The van der Waals surface area contributed by atoms with Crippen molar-refractivity contribution in [3.8, 4) is 6.07 Å². The Bertz CT molecular complexity index is 616. The molecule has 84 valence electrons. The Labute approximate surface area is 104 Å². The van der Waals surface area contributed by atoms with Crippen molar-refractivity contribution < 1.29 is 4.79 Å². The molecule has 0 saturated carbocycles. The average Bonchev–Trinajstić information content (AvgIpc) is 2.37. The van der Waals surface area contributed by atoms with E-state index in [0.29, 0.717) is 16.1 Å². The number of carbonyl (C=O) groups is 1. The number of rotatable bonds is 3. The third kappa shape index (κ3) is 2.27. The second-order valence-corrected chi connectivity index (χ2v) is 3.98. The number of nitrogens with zero attached hydrogens (tertiary/aromatic N) is 2. The van der Waals surface area contributed by atoms with Gasteiger partial charge in [-0.25, -0.2) is 0 Å². The molecule has 0 spiro atoms. The predicted octanol–water partition coefficient (Wildman–Crippen LogP) is 3.37. The first kappa shape index (κ1) is 11.6. The van der Waals surface area contributed by atoms with Gasteiger partial charge in [0.25, 0.3) is 0 Å². The topological polar surface area (TPSA) is 53.8 Å². The van der Waals surface area contributed by atoms with Gasteiger partial charge < -0.3 is 0 Å². The number of fused-ring (bicyclic) bond motifs is 1. The normalized spacial score (nSPS) is 10.1. The molecular formula is C13H9ClN2O. The zero-order valence-corrected chi connectivity index (χ0v) is 9.74. The van der Waals surface area contributed by atoms with E-state index >= 15 is 0 Å². The third-order valence-electron chi connectivity index (χ3n) is 2.48. The zero-order valence-electron chi connectivity index (χ0n) is 8.98. The van der Waals surface area contributed by atoms with Crippen LogP contribution in [0, 0.1) is 11.3 Å². The molecule has 0 aliphatic carbocycles. The molecule has 0 fully saturated rings. The highest BCUT2D eigenvalue weighted by atomic mass is 35.5. The van der Waals surface area contributed by atoms with Gasteiger partial charge in [-0.3, -0.25) is 9.78 Å². The van der Waals surface area contributed by atoms with Crippen LogP contribution < -0.4 is 0 Å². The highest BCUT2D eigenvalue weighted by Gasteiger charge is 2.12. The van der Waals surface area contributed by atoms with Crippen LogP contribution in [0.3, 0.4) is 0 Å². The molecule has 4 heteroatoms. The summed E-state index contributed by atoms with van der Waals surface area (Å²) in [5.74, 6) is -0.0769. The van der Waals surface area contributed by atoms with Crippen molar-refractivity contribution in [3.63, 3.8) is 0 Å². The van der Waals surface area contributed by atoms with E-state index in [9.17, 15) is 4.79 Å². The molecule has 2 rings (SSSR count).